The number of nitrogens with zero attached hydrogens (tertiary/aromatic N) is 1. The molecule has 2 rings (SSSR count). The van der Waals surface area contributed by atoms with E-state index in [-0.39, 0.29) is 0 Å². The van der Waals surface area contributed by atoms with Crippen LogP contribution < -0.4 is 5.73 Å². The molecule has 2 aliphatic rings. The van der Waals surface area contributed by atoms with Crippen molar-refractivity contribution in [3.63, 3.8) is 0 Å². The van der Waals surface area contributed by atoms with E-state index < -0.39 is 0 Å². The molecule has 2 heteroatoms. The molecule has 2 fully saturated rings. The van der Waals surface area contributed by atoms with E-state index >= 15 is 0 Å². The Morgan fingerprint density at radius 1 is 1.00 bits per heavy atom. The zero-order valence-corrected chi connectivity index (χ0v) is 13.3. The van der Waals surface area contributed by atoms with Gasteiger partial charge in [-0.3, -0.25) is 4.90 Å². The van der Waals surface area contributed by atoms with Gasteiger partial charge in [-0.25, -0.2) is 0 Å². The Hall–Kier alpha value is -0.0800. The monoisotopic (exact) mass is 266 g/mol. The van der Waals surface area contributed by atoms with E-state index in [0.29, 0.717) is 5.54 Å². The van der Waals surface area contributed by atoms with E-state index in [1.54, 1.807) is 0 Å². The van der Waals surface area contributed by atoms with Crippen molar-refractivity contribution < 1.29 is 0 Å². The molecule has 2 aliphatic carbocycles. The van der Waals surface area contributed by atoms with Gasteiger partial charge in [0, 0.05) is 18.1 Å². The van der Waals surface area contributed by atoms with Crippen LogP contribution in [0.3, 0.4) is 0 Å². The third-order valence-corrected chi connectivity index (χ3v) is 6.03. The molecule has 2 nitrogen and oxygen atoms in total. The molecule has 0 bridgehead atoms. The first-order chi connectivity index (χ1) is 9.07. The molecule has 0 spiro atoms. The van der Waals surface area contributed by atoms with Crippen LogP contribution >= 0.6 is 0 Å². The smallest absolute Gasteiger partial charge is 0.0331 e. The summed E-state index contributed by atoms with van der Waals surface area (Å²) in [6, 6.07) is 0.778. The zero-order chi connectivity index (χ0) is 13.9. The number of hydrogen-bond acceptors (Lipinski definition) is 2. The maximum absolute atomic E-state index is 6.25. The molecule has 0 aromatic rings. The van der Waals surface area contributed by atoms with E-state index in [1.165, 1.54) is 57.8 Å². The lowest BCUT2D eigenvalue weighted by atomic mass is 9.81. The molecule has 2 N–H and O–H groups in total. The third-order valence-electron chi connectivity index (χ3n) is 6.03. The van der Waals surface area contributed by atoms with Crippen molar-refractivity contribution in [2.75, 3.05) is 13.6 Å². The molecule has 19 heavy (non-hydrogen) atoms. The minimum Gasteiger partial charge on any atom is -0.329 e. The largest absolute Gasteiger partial charge is 0.329 e. The van der Waals surface area contributed by atoms with Crippen LogP contribution in [0.2, 0.25) is 0 Å². The highest BCUT2D eigenvalue weighted by Gasteiger charge is 2.39. The number of hydrogen-bond donors (Lipinski definition) is 1. The maximum Gasteiger partial charge on any atom is 0.0331 e. The summed E-state index contributed by atoms with van der Waals surface area (Å²) in [6.45, 7) is 5.68. The van der Waals surface area contributed by atoms with Gasteiger partial charge in [0.1, 0.15) is 0 Å². The molecule has 0 aromatic heterocycles. The number of nitrogens with two attached hydrogens (primary N) is 1. The van der Waals surface area contributed by atoms with E-state index in [2.05, 4.69) is 25.8 Å². The third kappa shape index (κ3) is 3.52. The van der Waals surface area contributed by atoms with Crippen LogP contribution in [0.1, 0.15) is 71.6 Å². The lowest BCUT2D eigenvalue weighted by Crippen LogP contribution is -2.56. The van der Waals surface area contributed by atoms with Gasteiger partial charge >= 0.3 is 0 Å². The fourth-order valence-corrected chi connectivity index (χ4v) is 4.41. The van der Waals surface area contributed by atoms with Crippen LogP contribution in [0.4, 0.5) is 0 Å². The van der Waals surface area contributed by atoms with E-state index in [9.17, 15) is 0 Å². The average Bonchev–Trinajstić information content (AvgIpc) is 2.61. The summed E-state index contributed by atoms with van der Waals surface area (Å²) in [5, 5.41) is 0. The second-order valence-electron chi connectivity index (χ2n) is 7.50. The summed E-state index contributed by atoms with van der Waals surface area (Å²) in [4.78, 5) is 2.71. The van der Waals surface area contributed by atoms with Crippen molar-refractivity contribution >= 4 is 0 Å². The van der Waals surface area contributed by atoms with Gasteiger partial charge in [-0.15, -0.1) is 0 Å². The fourth-order valence-electron chi connectivity index (χ4n) is 4.41. The Morgan fingerprint density at radius 3 is 2.42 bits per heavy atom. The molecule has 112 valence electrons. The maximum atomic E-state index is 6.25. The van der Waals surface area contributed by atoms with Crippen LogP contribution in [-0.2, 0) is 0 Å². The van der Waals surface area contributed by atoms with Gasteiger partial charge in [0.2, 0.25) is 0 Å². The first kappa shape index (κ1) is 15.3. The summed E-state index contributed by atoms with van der Waals surface area (Å²) < 4.78 is 0. The predicted octanol–water partition coefficient (Wildman–Crippen LogP) is 3.79. The minimum absolute atomic E-state index is 0.298. The van der Waals surface area contributed by atoms with E-state index in [4.69, 9.17) is 5.73 Å². The van der Waals surface area contributed by atoms with Gasteiger partial charge in [0.25, 0.3) is 0 Å². The lowest BCUT2D eigenvalue weighted by Gasteiger charge is -2.47. The number of likely N-dealkylation sites (N-methyl/N-ethyl adjacent to an activating group) is 1. The van der Waals surface area contributed by atoms with Crippen molar-refractivity contribution in [2.24, 2.45) is 17.6 Å². The molecule has 0 saturated heterocycles. The fraction of sp³-hybridized carbons (Fsp3) is 1.00. The topological polar surface area (TPSA) is 29.3 Å². The summed E-state index contributed by atoms with van der Waals surface area (Å²) in [5.74, 6) is 1.80. The van der Waals surface area contributed by atoms with Crippen LogP contribution in [0.25, 0.3) is 0 Å². The second kappa shape index (κ2) is 6.58. The van der Waals surface area contributed by atoms with Crippen molar-refractivity contribution in [3.05, 3.63) is 0 Å². The van der Waals surface area contributed by atoms with Crippen LogP contribution in [0.5, 0.6) is 0 Å². The van der Waals surface area contributed by atoms with Gasteiger partial charge in [-0.05, 0) is 51.0 Å². The van der Waals surface area contributed by atoms with Crippen molar-refractivity contribution in [1.82, 2.24) is 4.90 Å². The van der Waals surface area contributed by atoms with Gasteiger partial charge < -0.3 is 5.73 Å². The Kier molecular flexibility index (Phi) is 5.30. The Morgan fingerprint density at radius 2 is 1.74 bits per heavy atom. The normalized spacial score (nSPS) is 41.2. The van der Waals surface area contributed by atoms with Crippen LogP contribution in [-0.4, -0.2) is 30.1 Å². The SMILES string of the molecule is CC1CCCC(CN)(N(C)C2CCCC(C)C2)CC1. The van der Waals surface area contributed by atoms with E-state index in [1.807, 2.05) is 0 Å². The molecule has 0 amide bonds. The summed E-state index contributed by atoms with van der Waals surface area (Å²) in [5.41, 5.74) is 6.55. The molecule has 0 aromatic carbocycles. The van der Waals surface area contributed by atoms with Crippen LogP contribution in [0, 0.1) is 11.8 Å². The minimum atomic E-state index is 0.298. The highest BCUT2D eigenvalue weighted by molar-refractivity contribution is 4.96. The molecule has 2 saturated carbocycles. The second-order valence-corrected chi connectivity index (χ2v) is 7.50. The Bertz CT molecular complexity index is 278. The molecule has 0 aliphatic heterocycles. The van der Waals surface area contributed by atoms with Gasteiger partial charge in [0.05, 0.1) is 0 Å². The van der Waals surface area contributed by atoms with Crippen LogP contribution in [0.15, 0.2) is 0 Å². The standard InChI is InChI=1S/C17H34N2/c1-14-7-5-10-17(13-18,11-9-14)19(3)16-8-4-6-15(2)12-16/h14-16H,4-13,18H2,1-3H3. The quantitative estimate of drug-likeness (QED) is 0.787. The summed E-state index contributed by atoms with van der Waals surface area (Å²) >= 11 is 0. The first-order valence-corrected chi connectivity index (χ1v) is 8.50. The Labute approximate surface area is 120 Å². The highest BCUT2D eigenvalue weighted by atomic mass is 15.2. The van der Waals surface area contributed by atoms with Gasteiger partial charge in [-0.2, -0.15) is 0 Å². The Balaban J connectivity index is 2.06. The molecule has 0 heterocycles. The summed E-state index contributed by atoms with van der Waals surface area (Å²) in [7, 11) is 2.37. The summed E-state index contributed by atoms with van der Waals surface area (Å²) in [6.07, 6.45) is 12.4. The predicted molar refractivity (Wildman–Crippen MR) is 83.2 cm³/mol. The first-order valence-electron chi connectivity index (χ1n) is 8.50. The van der Waals surface area contributed by atoms with Crippen molar-refractivity contribution in [1.29, 1.82) is 0 Å². The lowest BCUT2D eigenvalue weighted by molar-refractivity contribution is 0.0352. The molecule has 4 atom stereocenters. The molecule has 0 radical (unpaired) electrons. The molecule has 4 unspecified atom stereocenters. The van der Waals surface area contributed by atoms with Crippen molar-refractivity contribution in [2.45, 2.75) is 83.2 Å². The highest BCUT2D eigenvalue weighted by Crippen LogP contribution is 2.38. The average molecular weight is 266 g/mol. The molecular weight excluding hydrogens is 232 g/mol. The number of rotatable bonds is 3. The van der Waals surface area contributed by atoms with Crippen molar-refractivity contribution in [3.8, 4) is 0 Å². The van der Waals surface area contributed by atoms with Gasteiger partial charge in [-0.1, -0.05) is 39.5 Å². The molecular formula is C17H34N2. The van der Waals surface area contributed by atoms with Gasteiger partial charge in [0.15, 0.2) is 0 Å². The van der Waals surface area contributed by atoms with E-state index in [0.717, 1.165) is 24.4 Å². The zero-order valence-electron chi connectivity index (χ0n) is 13.3.